The molecule has 0 aliphatic heterocycles. The van der Waals surface area contributed by atoms with Crippen LogP contribution in [0, 0.1) is 10.1 Å². The molecule has 178 valence electrons. The van der Waals surface area contributed by atoms with Crippen LogP contribution in [0.15, 0.2) is 60.8 Å². The van der Waals surface area contributed by atoms with Gasteiger partial charge in [-0.2, -0.15) is 0 Å². The highest BCUT2D eigenvalue weighted by Crippen LogP contribution is 2.30. The molecule has 0 saturated carbocycles. The van der Waals surface area contributed by atoms with Crippen molar-refractivity contribution in [2.75, 3.05) is 19.8 Å². The van der Waals surface area contributed by atoms with E-state index in [1.807, 2.05) is 0 Å². The Hall–Kier alpha value is -4.21. The van der Waals surface area contributed by atoms with Crippen molar-refractivity contribution in [1.29, 1.82) is 0 Å². The summed E-state index contributed by atoms with van der Waals surface area (Å²) in [6.45, 7) is 2.29. The standard InChI is InChI=1S/C24H24N2O8/c1-3-32-22(28)24(23(29)33-4-2,17-9-6-5-7-10-17)16-34-21(27)15-25-14-13-18-19(25)11-8-12-20(18)26(30)31/h5-14H,3-4,15-16H2,1-2H3. The quantitative estimate of drug-likeness (QED) is 0.146. The zero-order chi connectivity index (χ0) is 24.7. The molecule has 0 bridgehead atoms. The molecule has 0 amide bonds. The van der Waals surface area contributed by atoms with E-state index >= 15 is 0 Å². The van der Waals surface area contributed by atoms with Crippen LogP contribution in [-0.2, 0) is 40.6 Å². The lowest BCUT2D eigenvalue weighted by Gasteiger charge is -2.29. The second-order valence-electron chi connectivity index (χ2n) is 7.28. The number of aromatic nitrogens is 1. The Kier molecular flexibility index (Phi) is 7.62. The average Bonchev–Trinajstić information content (AvgIpc) is 3.23. The Bertz CT molecular complexity index is 1180. The minimum absolute atomic E-state index is 0.00883. The summed E-state index contributed by atoms with van der Waals surface area (Å²) in [7, 11) is 0. The molecule has 0 spiro atoms. The number of rotatable bonds is 10. The van der Waals surface area contributed by atoms with E-state index in [0.29, 0.717) is 10.9 Å². The minimum atomic E-state index is -2.00. The first-order chi connectivity index (χ1) is 16.3. The molecule has 0 N–H and O–H groups in total. The number of fused-ring (bicyclic) bond motifs is 1. The normalized spacial score (nSPS) is 11.1. The Labute approximate surface area is 195 Å². The molecule has 1 heterocycles. The minimum Gasteiger partial charge on any atom is -0.465 e. The van der Waals surface area contributed by atoms with Gasteiger partial charge in [0.15, 0.2) is 0 Å². The summed E-state index contributed by atoms with van der Waals surface area (Å²) in [5.74, 6) is -2.54. The first-order valence-electron chi connectivity index (χ1n) is 10.6. The fourth-order valence-corrected chi connectivity index (χ4v) is 3.63. The van der Waals surface area contributed by atoms with Gasteiger partial charge in [-0.3, -0.25) is 24.5 Å². The highest BCUT2D eigenvalue weighted by Gasteiger charge is 2.52. The number of nitro groups is 1. The van der Waals surface area contributed by atoms with Crippen molar-refractivity contribution in [3.8, 4) is 0 Å². The largest absolute Gasteiger partial charge is 0.465 e. The van der Waals surface area contributed by atoms with Gasteiger partial charge in [0.05, 0.1) is 29.0 Å². The lowest BCUT2D eigenvalue weighted by Crippen LogP contribution is -2.50. The summed E-state index contributed by atoms with van der Waals surface area (Å²) in [6.07, 6.45) is 1.53. The molecule has 0 aliphatic carbocycles. The van der Waals surface area contributed by atoms with E-state index in [-0.39, 0.29) is 31.0 Å². The molecule has 0 radical (unpaired) electrons. The van der Waals surface area contributed by atoms with Crippen molar-refractivity contribution in [2.24, 2.45) is 0 Å². The fraction of sp³-hybridized carbons (Fsp3) is 0.292. The summed E-state index contributed by atoms with van der Waals surface area (Å²) < 4.78 is 17.2. The number of nitro benzene ring substituents is 1. The van der Waals surface area contributed by atoms with Crippen molar-refractivity contribution in [3.63, 3.8) is 0 Å². The van der Waals surface area contributed by atoms with E-state index < -0.39 is 34.9 Å². The van der Waals surface area contributed by atoms with Gasteiger partial charge in [-0.25, -0.2) is 0 Å². The van der Waals surface area contributed by atoms with E-state index in [2.05, 4.69) is 0 Å². The van der Waals surface area contributed by atoms with Crippen LogP contribution in [0.3, 0.4) is 0 Å². The van der Waals surface area contributed by atoms with Crippen LogP contribution in [0.2, 0.25) is 0 Å². The van der Waals surface area contributed by atoms with Gasteiger partial charge in [-0.05, 0) is 31.5 Å². The highest BCUT2D eigenvalue weighted by atomic mass is 16.6. The predicted octanol–water partition coefficient (Wildman–Crippen LogP) is 3.16. The maximum absolute atomic E-state index is 13.0. The number of carbonyl (C=O) groups is 3. The molecule has 0 atom stereocenters. The van der Waals surface area contributed by atoms with Crippen molar-refractivity contribution in [3.05, 3.63) is 76.5 Å². The van der Waals surface area contributed by atoms with Gasteiger partial charge in [0.25, 0.3) is 5.69 Å². The van der Waals surface area contributed by atoms with Crippen LogP contribution in [-0.4, -0.2) is 47.2 Å². The van der Waals surface area contributed by atoms with Crippen LogP contribution in [0.4, 0.5) is 5.69 Å². The second kappa shape index (κ2) is 10.6. The molecule has 10 heteroatoms. The van der Waals surface area contributed by atoms with E-state index in [4.69, 9.17) is 14.2 Å². The number of benzene rings is 2. The molecular formula is C24H24N2O8. The number of carbonyl (C=O) groups excluding carboxylic acids is 3. The number of ether oxygens (including phenoxy) is 3. The summed E-state index contributed by atoms with van der Waals surface area (Å²) in [5.41, 5.74) is -1.35. The summed E-state index contributed by atoms with van der Waals surface area (Å²) in [4.78, 5) is 49.5. The summed E-state index contributed by atoms with van der Waals surface area (Å²) in [5, 5.41) is 11.6. The van der Waals surface area contributed by atoms with E-state index in [9.17, 15) is 24.5 Å². The summed E-state index contributed by atoms with van der Waals surface area (Å²) >= 11 is 0. The first-order valence-corrected chi connectivity index (χ1v) is 10.6. The molecule has 3 aromatic rings. The fourth-order valence-electron chi connectivity index (χ4n) is 3.63. The van der Waals surface area contributed by atoms with Crippen molar-refractivity contribution < 1.29 is 33.5 Å². The number of hydrogen-bond donors (Lipinski definition) is 0. The Balaban J connectivity index is 1.89. The third kappa shape index (κ3) is 4.75. The van der Waals surface area contributed by atoms with E-state index in [1.165, 1.54) is 29.0 Å². The Morgan fingerprint density at radius 3 is 2.15 bits per heavy atom. The van der Waals surface area contributed by atoms with Crippen molar-refractivity contribution in [1.82, 2.24) is 4.57 Å². The van der Waals surface area contributed by atoms with Gasteiger partial charge < -0.3 is 18.8 Å². The zero-order valence-corrected chi connectivity index (χ0v) is 18.8. The zero-order valence-electron chi connectivity index (χ0n) is 18.8. The van der Waals surface area contributed by atoms with Crippen LogP contribution >= 0.6 is 0 Å². The van der Waals surface area contributed by atoms with Gasteiger partial charge in [-0.1, -0.05) is 36.4 Å². The maximum atomic E-state index is 13.0. The molecule has 3 rings (SSSR count). The third-order valence-electron chi connectivity index (χ3n) is 5.25. The maximum Gasteiger partial charge on any atom is 0.331 e. The van der Waals surface area contributed by atoms with Crippen molar-refractivity contribution in [2.45, 2.75) is 25.8 Å². The van der Waals surface area contributed by atoms with E-state index in [1.54, 1.807) is 50.2 Å². The second-order valence-corrected chi connectivity index (χ2v) is 7.28. The highest BCUT2D eigenvalue weighted by molar-refractivity contribution is 6.07. The molecule has 10 nitrogen and oxygen atoms in total. The lowest BCUT2D eigenvalue weighted by molar-refractivity contribution is -0.383. The smallest absolute Gasteiger partial charge is 0.331 e. The van der Waals surface area contributed by atoms with Crippen LogP contribution in [0.5, 0.6) is 0 Å². The Morgan fingerprint density at radius 2 is 1.56 bits per heavy atom. The third-order valence-corrected chi connectivity index (χ3v) is 5.25. The summed E-state index contributed by atoms with van der Waals surface area (Å²) in [6, 6.07) is 14.2. The molecule has 0 fully saturated rings. The van der Waals surface area contributed by atoms with E-state index in [0.717, 1.165) is 0 Å². The molecule has 0 saturated heterocycles. The van der Waals surface area contributed by atoms with Gasteiger partial charge in [0.2, 0.25) is 5.41 Å². The average molecular weight is 468 g/mol. The molecule has 2 aromatic carbocycles. The van der Waals surface area contributed by atoms with Gasteiger partial charge >= 0.3 is 17.9 Å². The van der Waals surface area contributed by atoms with Crippen molar-refractivity contribution >= 4 is 34.5 Å². The van der Waals surface area contributed by atoms with Crippen LogP contribution in [0.1, 0.15) is 19.4 Å². The first kappa shape index (κ1) is 24.4. The Morgan fingerprint density at radius 1 is 0.912 bits per heavy atom. The molecule has 0 unspecified atom stereocenters. The van der Waals surface area contributed by atoms with Crippen LogP contribution < -0.4 is 0 Å². The molecule has 1 aromatic heterocycles. The predicted molar refractivity (Wildman–Crippen MR) is 121 cm³/mol. The van der Waals surface area contributed by atoms with Gasteiger partial charge in [0, 0.05) is 12.3 Å². The number of non-ortho nitro benzene ring substituents is 1. The number of esters is 3. The SMILES string of the molecule is CCOC(=O)C(COC(=O)Cn1ccc2c([N+](=O)[O-])cccc21)(C(=O)OCC)c1ccccc1. The van der Waals surface area contributed by atoms with Crippen LogP contribution in [0.25, 0.3) is 10.9 Å². The topological polar surface area (TPSA) is 127 Å². The number of hydrogen-bond acceptors (Lipinski definition) is 8. The van der Waals surface area contributed by atoms with Gasteiger partial charge in [0.1, 0.15) is 13.2 Å². The molecule has 0 aliphatic rings. The monoisotopic (exact) mass is 468 g/mol. The van der Waals surface area contributed by atoms with Gasteiger partial charge in [-0.15, -0.1) is 0 Å². The molecular weight excluding hydrogens is 444 g/mol. The molecule has 34 heavy (non-hydrogen) atoms. The number of nitrogens with zero attached hydrogens (tertiary/aromatic N) is 2. The lowest BCUT2D eigenvalue weighted by atomic mass is 9.81.